The molecule has 1 atom stereocenters. The number of hydrogen-bond acceptors (Lipinski definition) is 4. The summed E-state index contributed by atoms with van der Waals surface area (Å²) in [7, 11) is 0. The SMILES string of the molecule is OC(CCl)COc1cccc2c1OCCO2. The minimum atomic E-state index is -0.679. The molecule has 1 aromatic rings. The highest BCUT2D eigenvalue weighted by Gasteiger charge is 2.17. The van der Waals surface area contributed by atoms with Gasteiger partial charge >= 0.3 is 0 Å². The van der Waals surface area contributed by atoms with Gasteiger partial charge < -0.3 is 19.3 Å². The van der Waals surface area contributed by atoms with E-state index >= 15 is 0 Å². The Morgan fingerprint density at radius 1 is 1.38 bits per heavy atom. The van der Waals surface area contributed by atoms with E-state index in [9.17, 15) is 5.11 Å². The molecule has 0 spiro atoms. The summed E-state index contributed by atoms with van der Waals surface area (Å²) in [4.78, 5) is 0. The fraction of sp³-hybridized carbons (Fsp3) is 0.455. The lowest BCUT2D eigenvalue weighted by molar-refractivity contribution is 0.116. The van der Waals surface area contributed by atoms with Gasteiger partial charge in [0.05, 0.1) is 5.88 Å². The third-order valence-corrected chi connectivity index (χ3v) is 2.50. The van der Waals surface area contributed by atoms with E-state index in [1.165, 1.54) is 0 Å². The van der Waals surface area contributed by atoms with E-state index in [4.69, 9.17) is 25.8 Å². The predicted molar refractivity (Wildman–Crippen MR) is 59.7 cm³/mol. The molecule has 16 heavy (non-hydrogen) atoms. The number of para-hydroxylation sites is 1. The van der Waals surface area contributed by atoms with Crippen LogP contribution in [0.15, 0.2) is 18.2 Å². The first-order valence-electron chi connectivity index (χ1n) is 5.06. The van der Waals surface area contributed by atoms with Gasteiger partial charge in [0.1, 0.15) is 25.9 Å². The first-order chi connectivity index (χ1) is 7.81. The van der Waals surface area contributed by atoms with E-state index < -0.39 is 6.10 Å². The maximum atomic E-state index is 9.29. The molecular formula is C11H13ClO4. The van der Waals surface area contributed by atoms with E-state index in [1.54, 1.807) is 6.07 Å². The van der Waals surface area contributed by atoms with Gasteiger partial charge in [0.2, 0.25) is 5.75 Å². The van der Waals surface area contributed by atoms with Crippen LogP contribution in [0.5, 0.6) is 17.2 Å². The zero-order valence-electron chi connectivity index (χ0n) is 8.69. The highest BCUT2D eigenvalue weighted by molar-refractivity contribution is 6.18. The molecule has 2 rings (SSSR count). The molecule has 5 heteroatoms. The Morgan fingerprint density at radius 2 is 2.19 bits per heavy atom. The second-order valence-electron chi connectivity index (χ2n) is 3.40. The Hall–Kier alpha value is -1.13. The molecule has 1 aliphatic heterocycles. The number of alkyl halides is 1. The molecule has 0 aliphatic carbocycles. The average molecular weight is 245 g/mol. The molecule has 1 N–H and O–H groups in total. The molecule has 0 saturated heterocycles. The maximum absolute atomic E-state index is 9.29. The van der Waals surface area contributed by atoms with Crippen LogP contribution in [-0.4, -0.2) is 36.9 Å². The molecule has 88 valence electrons. The van der Waals surface area contributed by atoms with Gasteiger partial charge in [-0.3, -0.25) is 0 Å². The number of hydrogen-bond donors (Lipinski definition) is 1. The van der Waals surface area contributed by atoms with Crippen molar-refractivity contribution >= 4 is 11.6 Å². The molecule has 0 aromatic heterocycles. The smallest absolute Gasteiger partial charge is 0.203 e. The zero-order valence-corrected chi connectivity index (χ0v) is 9.44. The van der Waals surface area contributed by atoms with Gasteiger partial charge in [-0.1, -0.05) is 6.07 Å². The summed E-state index contributed by atoms with van der Waals surface area (Å²) >= 11 is 5.48. The zero-order chi connectivity index (χ0) is 11.4. The topological polar surface area (TPSA) is 47.9 Å². The van der Waals surface area contributed by atoms with Crippen molar-refractivity contribution in [2.45, 2.75) is 6.10 Å². The molecule has 4 nitrogen and oxygen atoms in total. The number of rotatable bonds is 4. The number of aliphatic hydroxyl groups excluding tert-OH is 1. The molecule has 0 radical (unpaired) electrons. The number of fused-ring (bicyclic) bond motifs is 1. The molecule has 0 amide bonds. The number of halogens is 1. The fourth-order valence-corrected chi connectivity index (χ4v) is 1.48. The first kappa shape index (κ1) is 11.4. The summed E-state index contributed by atoms with van der Waals surface area (Å²) in [6.07, 6.45) is -0.679. The van der Waals surface area contributed by atoms with Crippen LogP contribution in [0.4, 0.5) is 0 Å². The van der Waals surface area contributed by atoms with Crippen LogP contribution in [0.25, 0.3) is 0 Å². The van der Waals surface area contributed by atoms with Gasteiger partial charge in [0, 0.05) is 0 Å². The lowest BCUT2D eigenvalue weighted by Gasteiger charge is -2.21. The van der Waals surface area contributed by atoms with E-state index in [0.29, 0.717) is 30.5 Å². The molecule has 0 fully saturated rings. The molecule has 1 heterocycles. The number of benzene rings is 1. The summed E-state index contributed by atoms with van der Waals surface area (Å²) in [5, 5.41) is 9.29. The van der Waals surface area contributed by atoms with Gasteiger partial charge in [0.25, 0.3) is 0 Å². The van der Waals surface area contributed by atoms with Crippen molar-refractivity contribution in [1.82, 2.24) is 0 Å². The third-order valence-electron chi connectivity index (χ3n) is 2.14. The second kappa shape index (κ2) is 5.27. The quantitative estimate of drug-likeness (QED) is 0.815. The Labute approximate surface area is 98.7 Å². The summed E-state index contributed by atoms with van der Waals surface area (Å²) in [6.45, 7) is 1.19. The molecule has 1 unspecified atom stereocenters. The molecule has 1 aromatic carbocycles. The second-order valence-corrected chi connectivity index (χ2v) is 3.71. The molecule has 1 aliphatic rings. The molecule has 0 bridgehead atoms. The van der Waals surface area contributed by atoms with Crippen LogP contribution in [-0.2, 0) is 0 Å². The lowest BCUT2D eigenvalue weighted by Crippen LogP contribution is -2.20. The normalized spacial score (nSPS) is 15.6. The first-order valence-corrected chi connectivity index (χ1v) is 5.60. The summed E-state index contributed by atoms with van der Waals surface area (Å²) < 4.78 is 16.3. The Kier molecular flexibility index (Phi) is 3.74. The van der Waals surface area contributed by atoms with E-state index in [1.807, 2.05) is 12.1 Å². The summed E-state index contributed by atoms with van der Waals surface area (Å²) in [6, 6.07) is 5.41. The largest absolute Gasteiger partial charge is 0.487 e. The van der Waals surface area contributed by atoms with Crippen molar-refractivity contribution in [1.29, 1.82) is 0 Å². The van der Waals surface area contributed by atoms with Crippen molar-refractivity contribution in [2.75, 3.05) is 25.7 Å². The minimum Gasteiger partial charge on any atom is -0.487 e. The average Bonchev–Trinajstić information content (AvgIpc) is 2.35. The fourth-order valence-electron chi connectivity index (χ4n) is 1.39. The minimum absolute atomic E-state index is 0.142. The van der Waals surface area contributed by atoms with Crippen LogP contribution in [0, 0.1) is 0 Å². The van der Waals surface area contributed by atoms with Crippen molar-refractivity contribution in [2.24, 2.45) is 0 Å². The van der Waals surface area contributed by atoms with Crippen LogP contribution in [0.2, 0.25) is 0 Å². The van der Waals surface area contributed by atoms with Gasteiger partial charge in [0.15, 0.2) is 11.5 Å². The number of ether oxygens (including phenoxy) is 3. The third kappa shape index (κ3) is 2.51. The standard InChI is InChI=1S/C11H13ClO4/c12-6-8(13)7-16-10-3-1-2-9-11(10)15-5-4-14-9/h1-3,8,13H,4-7H2. The van der Waals surface area contributed by atoms with Crippen molar-refractivity contribution in [3.63, 3.8) is 0 Å². The van der Waals surface area contributed by atoms with E-state index in [0.717, 1.165) is 0 Å². The number of aliphatic hydroxyl groups is 1. The summed E-state index contributed by atoms with van der Waals surface area (Å²) in [5.74, 6) is 1.98. The Bertz CT molecular complexity index is 356. The lowest BCUT2D eigenvalue weighted by atomic mass is 10.3. The van der Waals surface area contributed by atoms with E-state index in [-0.39, 0.29) is 12.5 Å². The summed E-state index contributed by atoms with van der Waals surface area (Å²) in [5.41, 5.74) is 0. The van der Waals surface area contributed by atoms with Crippen molar-refractivity contribution < 1.29 is 19.3 Å². The van der Waals surface area contributed by atoms with Crippen LogP contribution >= 0.6 is 11.6 Å². The van der Waals surface area contributed by atoms with Gasteiger partial charge in [-0.2, -0.15) is 0 Å². The highest BCUT2D eigenvalue weighted by Crippen LogP contribution is 2.38. The van der Waals surface area contributed by atoms with E-state index in [2.05, 4.69) is 0 Å². The monoisotopic (exact) mass is 244 g/mol. The van der Waals surface area contributed by atoms with Crippen molar-refractivity contribution in [3.05, 3.63) is 18.2 Å². The molecular weight excluding hydrogens is 232 g/mol. The Morgan fingerprint density at radius 3 is 3.00 bits per heavy atom. The van der Waals surface area contributed by atoms with Gasteiger partial charge in [-0.25, -0.2) is 0 Å². The van der Waals surface area contributed by atoms with Crippen LogP contribution in [0.3, 0.4) is 0 Å². The van der Waals surface area contributed by atoms with Gasteiger partial charge in [-0.15, -0.1) is 11.6 Å². The van der Waals surface area contributed by atoms with Crippen molar-refractivity contribution in [3.8, 4) is 17.2 Å². The van der Waals surface area contributed by atoms with Crippen LogP contribution < -0.4 is 14.2 Å². The highest BCUT2D eigenvalue weighted by atomic mass is 35.5. The van der Waals surface area contributed by atoms with Gasteiger partial charge in [-0.05, 0) is 12.1 Å². The molecule has 0 saturated carbocycles. The van der Waals surface area contributed by atoms with Crippen LogP contribution in [0.1, 0.15) is 0 Å². The predicted octanol–water partition coefficient (Wildman–Crippen LogP) is 1.44. The maximum Gasteiger partial charge on any atom is 0.203 e. The Balaban J connectivity index is 2.08.